The molecule has 3 heteroatoms. The SMILES string of the molecule is CC1(C)CC1C(=O)NCCCCl. The van der Waals surface area contributed by atoms with Gasteiger partial charge in [-0.3, -0.25) is 4.79 Å². The van der Waals surface area contributed by atoms with Crippen LogP contribution in [0.15, 0.2) is 0 Å². The first kappa shape index (κ1) is 9.85. The topological polar surface area (TPSA) is 29.1 Å². The Kier molecular flexibility index (Phi) is 2.99. The molecule has 1 rings (SSSR count). The van der Waals surface area contributed by atoms with E-state index in [4.69, 9.17) is 11.6 Å². The van der Waals surface area contributed by atoms with Crippen LogP contribution < -0.4 is 5.32 Å². The summed E-state index contributed by atoms with van der Waals surface area (Å²) in [6, 6.07) is 0. The van der Waals surface area contributed by atoms with Crippen molar-refractivity contribution >= 4 is 17.5 Å². The average Bonchev–Trinajstić information content (AvgIpc) is 2.60. The van der Waals surface area contributed by atoms with Crippen molar-refractivity contribution in [1.29, 1.82) is 0 Å². The summed E-state index contributed by atoms with van der Waals surface area (Å²) in [5.74, 6) is 1.06. The van der Waals surface area contributed by atoms with Crippen LogP contribution in [-0.4, -0.2) is 18.3 Å². The summed E-state index contributed by atoms with van der Waals surface area (Å²) in [6.45, 7) is 4.96. The fourth-order valence-corrected chi connectivity index (χ4v) is 1.45. The smallest absolute Gasteiger partial charge is 0.223 e. The van der Waals surface area contributed by atoms with E-state index in [0.29, 0.717) is 5.88 Å². The van der Waals surface area contributed by atoms with Crippen LogP contribution in [0.25, 0.3) is 0 Å². The minimum absolute atomic E-state index is 0.199. The monoisotopic (exact) mass is 189 g/mol. The van der Waals surface area contributed by atoms with E-state index in [-0.39, 0.29) is 17.2 Å². The summed E-state index contributed by atoms with van der Waals surface area (Å²) >= 11 is 5.48. The zero-order valence-electron chi connectivity index (χ0n) is 7.69. The van der Waals surface area contributed by atoms with Crippen LogP contribution >= 0.6 is 11.6 Å². The molecule has 1 aliphatic carbocycles. The minimum atomic E-state index is 0.199. The second kappa shape index (κ2) is 3.65. The van der Waals surface area contributed by atoms with Gasteiger partial charge in [0.25, 0.3) is 0 Å². The molecule has 1 aliphatic rings. The van der Waals surface area contributed by atoms with Gasteiger partial charge in [0.2, 0.25) is 5.91 Å². The highest BCUT2D eigenvalue weighted by Gasteiger charge is 2.50. The third-order valence-corrected chi connectivity index (χ3v) is 2.71. The molecule has 0 bridgehead atoms. The van der Waals surface area contributed by atoms with Crippen LogP contribution in [0.1, 0.15) is 26.7 Å². The highest BCUT2D eigenvalue weighted by atomic mass is 35.5. The van der Waals surface area contributed by atoms with E-state index in [1.165, 1.54) is 0 Å². The van der Waals surface area contributed by atoms with Crippen LogP contribution in [0.4, 0.5) is 0 Å². The summed E-state index contributed by atoms with van der Waals surface area (Å²) in [4.78, 5) is 11.3. The Labute approximate surface area is 78.7 Å². The lowest BCUT2D eigenvalue weighted by atomic mass is 10.1. The van der Waals surface area contributed by atoms with Crippen molar-refractivity contribution in [1.82, 2.24) is 5.32 Å². The predicted octanol–water partition coefficient (Wildman–Crippen LogP) is 1.78. The number of hydrogen-bond acceptors (Lipinski definition) is 1. The lowest BCUT2D eigenvalue weighted by molar-refractivity contribution is -0.122. The maximum Gasteiger partial charge on any atom is 0.223 e. The second-order valence-electron chi connectivity index (χ2n) is 4.08. The zero-order chi connectivity index (χ0) is 9.19. The number of amides is 1. The molecule has 1 atom stereocenters. The summed E-state index contributed by atoms with van der Waals surface area (Å²) in [6.07, 6.45) is 1.89. The average molecular weight is 190 g/mol. The molecule has 1 saturated carbocycles. The van der Waals surface area contributed by atoms with E-state index < -0.39 is 0 Å². The van der Waals surface area contributed by atoms with Gasteiger partial charge in [-0.05, 0) is 18.3 Å². The van der Waals surface area contributed by atoms with E-state index in [2.05, 4.69) is 19.2 Å². The van der Waals surface area contributed by atoms with Gasteiger partial charge in [0.05, 0.1) is 0 Å². The Bertz CT molecular complexity index is 179. The Morgan fingerprint density at radius 3 is 2.67 bits per heavy atom. The molecule has 12 heavy (non-hydrogen) atoms. The zero-order valence-corrected chi connectivity index (χ0v) is 8.45. The Morgan fingerprint density at radius 1 is 1.67 bits per heavy atom. The lowest BCUT2D eigenvalue weighted by Crippen LogP contribution is -2.27. The van der Waals surface area contributed by atoms with Gasteiger partial charge < -0.3 is 5.32 Å². The summed E-state index contributed by atoms with van der Waals surface area (Å²) in [5, 5.41) is 2.88. The molecule has 0 aliphatic heterocycles. The highest BCUT2D eigenvalue weighted by molar-refractivity contribution is 6.17. The number of alkyl halides is 1. The third kappa shape index (κ3) is 2.37. The number of halogens is 1. The molecule has 1 unspecified atom stereocenters. The normalized spacial score (nSPS) is 25.1. The summed E-state index contributed by atoms with van der Waals surface area (Å²) in [5.41, 5.74) is 0.241. The van der Waals surface area contributed by atoms with Gasteiger partial charge >= 0.3 is 0 Å². The standard InChI is InChI=1S/C9H16ClNO/c1-9(2)6-7(9)8(12)11-5-3-4-10/h7H,3-6H2,1-2H3,(H,11,12). The molecule has 0 spiro atoms. The Balaban J connectivity index is 2.14. The summed E-state index contributed by atoms with van der Waals surface area (Å²) in [7, 11) is 0. The molecule has 1 N–H and O–H groups in total. The fraction of sp³-hybridized carbons (Fsp3) is 0.889. The number of carbonyl (C=O) groups is 1. The third-order valence-electron chi connectivity index (χ3n) is 2.44. The van der Waals surface area contributed by atoms with E-state index in [9.17, 15) is 4.79 Å². The van der Waals surface area contributed by atoms with Crippen molar-refractivity contribution in [2.75, 3.05) is 12.4 Å². The highest BCUT2D eigenvalue weighted by Crippen LogP contribution is 2.51. The van der Waals surface area contributed by atoms with E-state index in [1.54, 1.807) is 0 Å². The van der Waals surface area contributed by atoms with Crippen LogP contribution in [0.5, 0.6) is 0 Å². The maximum atomic E-state index is 11.3. The van der Waals surface area contributed by atoms with Gasteiger partial charge in [-0.2, -0.15) is 0 Å². The van der Waals surface area contributed by atoms with Crippen LogP contribution in [-0.2, 0) is 4.79 Å². The molecule has 0 aromatic heterocycles. The molecule has 0 radical (unpaired) electrons. The first-order valence-corrected chi connectivity index (χ1v) is 4.95. The summed E-state index contributed by atoms with van der Waals surface area (Å²) < 4.78 is 0. The maximum absolute atomic E-state index is 11.3. The van der Waals surface area contributed by atoms with Gasteiger partial charge in [0.1, 0.15) is 0 Å². The molecule has 2 nitrogen and oxygen atoms in total. The lowest BCUT2D eigenvalue weighted by Gasteiger charge is -2.04. The van der Waals surface area contributed by atoms with E-state index in [0.717, 1.165) is 19.4 Å². The van der Waals surface area contributed by atoms with Crippen LogP contribution in [0.3, 0.4) is 0 Å². The molecule has 0 aromatic carbocycles. The quantitative estimate of drug-likeness (QED) is 0.530. The molecular formula is C9H16ClNO. The van der Waals surface area contributed by atoms with Crippen molar-refractivity contribution in [3.8, 4) is 0 Å². The number of hydrogen-bond donors (Lipinski definition) is 1. The second-order valence-corrected chi connectivity index (χ2v) is 4.46. The Hall–Kier alpha value is -0.240. The predicted molar refractivity (Wildman–Crippen MR) is 50.2 cm³/mol. The molecule has 1 fully saturated rings. The number of carbonyl (C=O) groups excluding carboxylic acids is 1. The van der Waals surface area contributed by atoms with Crippen molar-refractivity contribution in [3.63, 3.8) is 0 Å². The van der Waals surface area contributed by atoms with Gasteiger partial charge in [-0.25, -0.2) is 0 Å². The van der Waals surface area contributed by atoms with Crippen molar-refractivity contribution in [3.05, 3.63) is 0 Å². The Morgan fingerprint density at radius 2 is 2.25 bits per heavy atom. The van der Waals surface area contributed by atoms with Gasteiger partial charge in [0, 0.05) is 18.3 Å². The molecule has 0 heterocycles. The first-order chi connectivity index (χ1) is 5.58. The molecular weight excluding hydrogens is 174 g/mol. The minimum Gasteiger partial charge on any atom is -0.356 e. The first-order valence-electron chi connectivity index (χ1n) is 4.41. The van der Waals surface area contributed by atoms with Crippen molar-refractivity contribution < 1.29 is 4.79 Å². The van der Waals surface area contributed by atoms with Crippen molar-refractivity contribution in [2.45, 2.75) is 26.7 Å². The van der Waals surface area contributed by atoms with Gasteiger partial charge in [-0.1, -0.05) is 13.8 Å². The van der Waals surface area contributed by atoms with Crippen LogP contribution in [0.2, 0.25) is 0 Å². The fourth-order valence-electron chi connectivity index (χ4n) is 1.32. The van der Waals surface area contributed by atoms with E-state index >= 15 is 0 Å². The number of rotatable bonds is 4. The largest absolute Gasteiger partial charge is 0.356 e. The molecule has 0 saturated heterocycles. The van der Waals surface area contributed by atoms with Gasteiger partial charge in [-0.15, -0.1) is 11.6 Å². The van der Waals surface area contributed by atoms with Crippen molar-refractivity contribution in [2.24, 2.45) is 11.3 Å². The molecule has 70 valence electrons. The van der Waals surface area contributed by atoms with Crippen LogP contribution in [0, 0.1) is 11.3 Å². The molecule has 1 amide bonds. The van der Waals surface area contributed by atoms with E-state index in [1.807, 2.05) is 0 Å². The number of nitrogens with one attached hydrogen (secondary N) is 1. The molecule has 0 aromatic rings. The van der Waals surface area contributed by atoms with Gasteiger partial charge in [0.15, 0.2) is 0 Å².